The summed E-state index contributed by atoms with van der Waals surface area (Å²) in [4.78, 5) is 227. The quantitative estimate of drug-likeness (QED) is 0.0206. The average molecular weight is 1390 g/mol. The van der Waals surface area contributed by atoms with Gasteiger partial charge < -0.3 is 105 Å². The number of carboxylic acids is 4. The van der Waals surface area contributed by atoms with Crippen LogP contribution in [0.25, 0.3) is 11.1 Å². The number of nitrogens with one attached hydrogen (secondary N) is 11. The third-order valence-corrected chi connectivity index (χ3v) is 15.4. The fourth-order valence-corrected chi connectivity index (χ4v) is 10.3. The zero-order valence-corrected chi connectivity index (χ0v) is 53.5. The molecule has 20 N–H and O–H groups in total. The van der Waals surface area contributed by atoms with Gasteiger partial charge in [-0.1, -0.05) is 67.6 Å². The van der Waals surface area contributed by atoms with Crippen LogP contribution in [0.2, 0.25) is 0 Å². The molecular weight excluding hydrogens is 1310 g/mol. The monoisotopic (exact) mass is 1390 g/mol. The molecule has 3 aromatic rings. The largest absolute Gasteiger partial charge is 0.481 e. The maximum Gasteiger partial charge on any atom is 0.407 e. The zero-order chi connectivity index (χ0) is 73.4. The number of fused-ring (bicyclic) bond motifs is 3. The standard InChI is InChI=1S/C62H77N13O24/c1-28(19-47(80)81)51-60(95)73-42(21-44(77)35-15-8-9-16-37(35)63)61(96)99-30(3)52(75-54(89)38(64)20-48(82)83)59(94)67-25-45(78)69-39(17-10-18-65-62(97)98-27-36-33-13-6-4-11-31(33)32-12-5-7-14-34(32)36)56(91)72-41(23-50(86)87)57(92)68-29(2)53(88)71-40(22-49(84)85)55(90)66-24-46(79)70-43(26-76)58(93)74-51/h4-9,11-16,28-30,36,38-43,51-52,76H,10,17-27,63-64H2,1-3H3,(H,65,97)(H,66,90)(H,67,94)(H,68,92)(H,69,78)(H,70,79)(H,71,88)(H,72,91)(H,73,95)(H,74,93)(H,75,89)(H,80,81)(H,82,83)(H,84,85)(H,86,87). The molecule has 3 aromatic carbocycles. The number of ether oxygens (including phenoxy) is 2. The maximum atomic E-state index is 14.4. The van der Waals surface area contributed by atoms with Gasteiger partial charge in [0.1, 0.15) is 61.0 Å². The van der Waals surface area contributed by atoms with Crippen LogP contribution in [0.3, 0.4) is 0 Å². The third kappa shape index (κ3) is 23.6. The number of para-hydroxylation sites is 1. The minimum absolute atomic E-state index is 0.101. The Hall–Kier alpha value is -11.6. The number of carbonyl (C=O) groups is 17. The number of ketones is 1. The summed E-state index contributed by atoms with van der Waals surface area (Å²) in [5, 5.41) is 72.6. The van der Waals surface area contributed by atoms with E-state index in [4.69, 9.17) is 20.9 Å². The van der Waals surface area contributed by atoms with Crippen LogP contribution >= 0.6 is 0 Å². The van der Waals surface area contributed by atoms with Crippen LogP contribution in [0.5, 0.6) is 0 Å². The highest BCUT2D eigenvalue weighted by Crippen LogP contribution is 2.44. The Labute approximate surface area is 562 Å². The van der Waals surface area contributed by atoms with Crippen molar-refractivity contribution in [3.8, 4) is 11.1 Å². The molecule has 1 saturated heterocycles. The van der Waals surface area contributed by atoms with Gasteiger partial charge in [-0.25, -0.2) is 9.59 Å². The van der Waals surface area contributed by atoms with E-state index in [-0.39, 0.29) is 36.7 Å². The van der Waals surface area contributed by atoms with Crippen molar-refractivity contribution in [3.05, 3.63) is 89.5 Å². The van der Waals surface area contributed by atoms with Gasteiger partial charge in [-0.05, 0) is 67.0 Å². The van der Waals surface area contributed by atoms with Gasteiger partial charge in [0.25, 0.3) is 0 Å². The van der Waals surface area contributed by atoms with Crippen molar-refractivity contribution in [1.82, 2.24) is 58.5 Å². The molecule has 2 aliphatic rings. The molecular formula is C62H77N13O24. The number of benzene rings is 3. The fraction of sp³-hybridized carbons (Fsp3) is 0.435. The summed E-state index contributed by atoms with van der Waals surface area (Å²) < 4.78 is 11.1. The van der Waals surface area contributed by atoms with E-state index in [2.05, 4.69) is 42.5 Å². The van der Waals surface area contributed by atoms with Gasteiger partial charge in [0, 0.05) is 30.1 Å². The van der Waals surface area contributed by atoms with Gasteiger partial charge in [-0.2, -0.15) is 0 Å². The van der Waals surface area contributed by atoms with Gasteiger partial charge in [0.15, 0.2) is 5.78 Å². The zero-order valence-electron chi connectivity index (χ0n) is 53.5. The topological polar surface area (TPSA) is 594 Å². The van der Waals surface area contributed by atoms with Crippen molar-refractivity contribution in [3.63, 3.8) is 0 Å². The SMILES string of the molecule is CC1NC(=O)C(CC(=O)O)NC(=O)C(CCCNC(=O)OCC2c3ccccc3-c3ccccc32)NC(=O)CNC(=O)C(NC(=O)C(N)CC(=O)O)C(C)OC(=O)C(CC(=O)c2ccccc2N)NC(=O)C(C(C)CC(=O)O)NC(=O)C(CO)NC(=O)CNC(=O)C(CC(=O)O)NC1=O. The summed E-state index contributed by atoms with van der Waals surface area (Å²) in [7, 11) is 0. The average Bonchev–Trinajstić information content (AvgIpc) is 1.62. The molecule has 11 unspecified atom stereocenters. The molecule has 1 fully saturated rings. The number of carboxylic acid groups (broad SMARTS) is 4. The van der Waals surface area contributed by atoms with E-state index in [0.29, 0.717) is 0 Å². The Bertz CT molecular complexity index is 3540. The molecule has 1 aliphatic heterocycles. The Morgan fingerprint density at radius 3 is 1.68 bits per heavy atom. The molecule has 0 saturated carbocycles. The van der Waals surface area contributed by atoms with E-state index in [1.54, 1.807) is 0 Å². The normalized spacial score (nSPS) is 22.6. The molecule has 1 aliphatic carbocycles. The third-order valence-electron chi connectivity index (χ3n) is 15.4. The highest BCUT2D eigenvalue weighted by molar-refractivity contribution is 6.04. The first kappa shape index (κ1) is 78.1. The smallest absolute Gasteiger partial charge is 0.407 e. The highest BCUT2D eigenvalue weighted by atomic mass is 16.6. The molecule has 0 bridgehead atoms. The fourth-order valence-electron chi connectivity index (χ4n) is 10.3. The highest BCUT2D eigenvalue weighted by Gasteiger charge is 2.40. The number of aliphatic hydroxyl groups is 1. The lowest BCUT2D eigenvalue weighted by Gasteiger charge is -2.29. The summed E-state index contributed by atoms with van der Waals surface area (Å²) in [6, 6.07) is 2.21. The molecule has 99 heavy (non-hydrogen) atoms. The first-order chi connectivity index (χ1) is 46.8. The number of rotatable bonds is 21. The second-order valence-electron chi connectivity index (χ2n) is 23.0. The number of cyclic esters (lactones) is 1. The van der Waals surface area contributed by atoms with Crippen molar-refractivity contribution in [1.29, 1.82) is 0 Å². The summed E-state index contributed by atoms with van der Waals surface area (Å²) in [5.41, 5.74) is 15.2. The Balaban J connectivity index is 1.51. The number of amides is 11. The van der Waals surface area contributed by atoms with Gasteiger partial charge in [0.2, 0.25) is 59.1 Å². The van der Waals surface area contributed by atoms with Crippen LogP contribution in [0, 0.1) is 5.92 Å². The number of nitrogen functional groups attached to an aromatic ring is 1. The van der Waals surface area contributed by atoms with Crippen LogP contribution in [0.1, 0.15) is 93.1 Å². The number of Topliss-reactive ketones (excluding diaryl/α,β-unsaturated/α-hetero) is 1. The molecule has 37 heteroatoms. The summed E-state index contributed by atoms with van der Waals surface area (Å²) in [6.07, 6.45) is -8.95. The number of alkyl carbamates (subject to hydrolysis) is 1. The molecule has 0 spiro atoms. The van der Waals surface area contributed by atoms with E-state index < -0.39 is 225 Å². The Morgan fingerprint density at radius 2 is 1.10 bits per heavy atom. The number of esters is 1. The minimum atomic E-state index is -2.21. The lowest BCUT2D eigenvalue weighted by atomic mass is 9.96. The lowest BCUT2D eigenvalue weighted by Crippen LogP contribution is -2.60. The summed E-state index contributed by atoms with van der Waals surface area (Å²) in [5.74, 6) is -24.5. The van der Waals surface area contributed by atoms with Crippen LogP contribution < -0.4 is 70.0 Å². The minimum Gasteiger partial charge on any atom is -0.481 e. The molecule has 11 amide bonds. The number of hydrogen-bond donors (Lipinski definition) is 18. The molecule has 1 heterocycles. The molecule has 11 atom stereocenters. The number of aliphatic carboxylic acids is 4. The van der Waals surface area contributed by atoms with Crippen molar-refractivity contribution in [2.24, 2.45) is 11.7 Å². The molecule has 5 rings (SSSR count). The van der Waals surface area contributed by atoms with E-state index in [9.17, 15) is 107 Å². The lowest BCUT2D eigenvalue weighted by molar-refractivity contribution is -0.156. The van der Waals surface area contributed by atoms with Gasteiger partial charge in [-0.15, -0.1) is 0 Å². The first-order valence-corrected chi connectivity index (χ1v) is 30.7. The van der Waals surface area contributed by atoms with E-state index in [0.717, 1.165) is 43.0 Å². The second-order valence-corrected chi connectivity index (χ2v) is 23.0. The second kappa shape index (κ2) is 37.0. The van der Waals surface area contributed by atoms with Gasteiger partial charge >= 0.3 is 35.9 Å². The Kier molecular flexibility index (Phi) is 29.2. The van der Waals surface area contributed by atoms with E-state index in [1.807, 2.05) is 64.5 Å². The number of nitrogens with two attached hydrogens (primary N) is 2. The van der Waals surface area contributed by atoms with Crippen LogP contribution in [-0.2, 0) is 81.4 Å². The van der Waals surface area contributed by atoms with Crippen LogP contribution in [-0.4, -0.2) is 220 Å². The summed E-state index contributed by atoms with van der Waals surface area (Å²) in [6.45, 7) is -0.844. The van der Waals surface area contributed by atoms with Gasteiger partial charge in [-0.3, -0.25) is 71.9 Å². The first-order valence-electron chi connectivity index (χ1n) is 30.7. The Morgan fingerprint density at radius 1 is 0.586 bits per heavy atom. The van der Waals surface area contributed by atoms with Crippen molar-refractivity contribution < 1.29 is 117 Å². The number of aliphatic hydroxyl groups excluding tert-OH is 1. The van der Waals surface area contributed by atoms with Crippen molar-refractivity contribution in [2.75, 3.05) is 38.6 Å². The maximum absolute atomic E-state index is 14.4. The molecule has 0 aromatic heterocycles. The van der Waals surface area contributed by atoms with Gasteiger partial charge in [0.05, 0.1) is 51.4 Å². The predicted octanol–water partition coefficient (Wildman–Crippen LogP) is -4.91. The predicted molar refractivity (Wildman–Crippen MR) is 338 cm³/mol. The number of anilines is 1. The molecule has 0 radical (unpaired) electrons. The van der Waals surface area contributed by atoms with Crippen LogP contribution in [0.15, 0.2) is 72.8 Å². The van der Waals surface area contributed by atoms with E-state index in [1.165, 1.54) is 24.3 Å². The van der Waals surface area contributed by atoms with Crippen molar-refractivity contribution >= 4 is 106 Å². The number of hydrogen-bond acceptors (Lipinski definition) is 22. The van der Waals surface area contributed by atoms with Crippen LogP contribution in [0.4, 0.5) is 10.5 Å². The van der Waals surface area contributed by atoms with E-state index >= 15 is 0 Å². The molecule has 37 nitrogen and oxygen atoms in total. The summed E-state index contributed by atoms with van der Waals surface area (Å²) >= 11 is 0. The number of carbonyl (C=O) groups excluding carboxylic acids is 13. The molecule has 534 valence electrons. The van der Waals surface area contributed by atoms with Crippen molar-refractivity contribution in [2.45, 2.75) is 132 Å².